The monoisotopic (exact) mass is 460 g/mol. The van der Waals surface area contributed by atoms with Crippen molar-refractivity contribution < 1.29 is 28.5 Å². The van der Waals surface area contributed by atoms with Gasteiger partial charge in [0.2, 0.25) is 5.78 Å². The maximum Gasteiger partial charge on any atom is 0.336 e. The highest BCUT2D eigenvalue weighted by atomic mass is 16.5. The molecule has 1 aromatic heterocycles. The van der Waals surface area contributed by atoms with E-state index in [0.29, 0.717) is 35.0 Å². The summed E-state index contributed by atoms with van der Waals surface area (Å²) in [4.78, 5) is 24.7. The summed E-state index contributed by atoms with van der Waals surface area (Å²) in [5.41, 5.74) is 1.94. The van der Waals surface area contributed by atoms with Gasteiger partial charge in [-0.1, -0.05) is 30.3 Å². The van der Waals surface area contributed by atoms with Crippen molar-refractivity contribution >= 4 is 16.8 Å². The van der Waals surface area contributed by atoms with Crippen molar-refractivity contribution in [2.24, 2.45) is 0 Å². The topological polar surface area (TPSA) is 95.2 Å². The van der Waals surface area contributed by atoms with Crippen molar-refractivity contribution in [1.29, 1.82) is 0 Å². The third-order valence-corrected chi connectivity index (χ3v) is 5.34. The second kappa shape index (κ2) is 10.2. The van der Waals surface area contributed by atoms with Gasteiger partial charge in [-0.2, -0.15) is 0 Å². The fraction of sp³-hybridized carbons (Fsp3) is 0.185. The summed E-state index contributed by atoms with van der Waals surface area (Å²) in [6.07, 6.45) is -1.16. The van der Waals surface area contributed by atoms with E-state index in [2.05, 4.69) is 0 Å². The first-order valence-corrected chi connectivity index (χ1v) is 10.7. The third-order valence-electron chi connectivity index (χ3n) is 5.34. The summed E-state index contributed by atoms with van der Waals surface area (Å²) in [6, 6.07) is 20.8. The average molecular weight is 460 g/mol. The van der Waals surface area contributed by atoms with Crippen molar-refractivity contribution in [2.45, 2.75) is 19.6 Å². The Kier molecular flexibility index (Phi) is 6.94. The highest BCUT2D eigenvalue weighted by Crippen LogP contribution is 2.30. The van der Waals surface area contributed by atoms with Crippen LogP contribution in [0.25, 0.3) is 11.0 Å². The van der Waals surface area contributed by atoms with Crippen LogP contribution in [0.1, 0.15) is 21.5 Å². The predicted octanol–water partition coefficient (Wildman–Crippen LogP) is 4.31. The van der Waals surface area contributed by atoms with E-state index in [9.17, 15) is 14.7 Å². The number of aliphatic hydroxyl groups excluding tert-OH is 1. The van der Waals surface area contributed by atoms with Crippen molar-refractivity contribution in [3.8, 4) is 17.2 Å². The van der Waals surface area contributed by atoms with Gasteiger partial charge >= 0.3 is 5.63 Å². The Morgan fingerprint density at radius 2 is 1.79 bits per heavy atom. The van der Waals surface area contributed by atoms with Gasteiger partial charge < -0.3 is 23.7 Å². The maximum atomic E-state index is 13.1. The summed E-state index contributed by atoms with van der Waals surface area (Å²) in [7, 11) is 1.49. The lowest BCUT2D eigenvalue weighted by Crippen LogP contribution is -2.31. The van der Waals surface area contributed by atoms with E-state index < -0.39 is 24.1 Å². The molecule has 0 saturated carbocycles. The zero-order valence-electron chi connectivity index (χ0n) is 18.8. The molecule has 0 saturated heterocycles. The van der Waals surface area contributed by atoms with Gasteiger partial charge in [0.15, 0.2) is 17.6 Å². The molecule has 0 aliphatic heterocycles. The Morgan fingerprint density at radius 1 is 1.00 bits per heavy atom. The van der Waals surface area contributed by atoms with Gasteiger partial charge in [-0.05, 0) is 48.4 Å². The van der Waals surface area contributed by atoms with E-state index in [-0.39, 0.29) is 0 Å². The Morgan fingerprint density at radius 3 is 2.53 bits per heavy atom. The van der Waals surface area contributed by atoms with Gasteiger partial charge in [-0.3, -0.25) is 4.79 Å². The number of rotatable bonds is 9. The van der Waals surface area contributed by atoms with Crippen LogP contribution in [0.3, 0.4) is 0 Å². The van der Waals surface area contributed by atoms with Gasteiger partial charge in [-0.15, -0.1) is 0 Å². The number of ketones is 1. The molecule has 7 heteroatoms. The largest absolute Gasteiger partial charge is 0.493 e. The van der Waals surface area contributed by atoms with E-state index in [4.69, 9.17) is 18.6 Å². The molecule has 0 fully saturated rings. The van der Waals surface area contributed by atoms with Crippen molar-refractivity contribution in [2.75, 3.05) is 13.7 Å². The minimum Gasteiger partial charge on any atom is -0.493 e. The van der Waals surface area contributed by atoms with Crippen molar-refractivity contribution in [1.82, 2.24) is 0 Å². The molecule has 3 aromatic carbocycles. The SMILES string of the molecule is COc1cc(C(=O)C(CO)Oc2ccc3c(C)cc(=O)oc3c2)ccc1OCc1ccccc1. The van der Waals surface area contributed by atoms with Gasteiger partial charge in [0, 0.05) is 23.1 Å². The van der Waals surface area contributed by atoms with E-state index in [0.717, 1.165) is 16.5 Å². The Balaban J connectivity index is 1.52. The van der Waals surface area contributed by atoms with E-state index >= 15 is 0 Å². The second-order valence-electron chi connectivity index (χ2n) is 7.70. The van der Waals surface area contributed by atoms with Gasteiger partial charge in [-0.25, -0.2) is 4.79 Å². The molecule has 34 heavy (non-hydrogen) atoms. The maximum absolute atomic E-state index is 13.1. The van der Waals surface area contributed by atoms with Crippen LogP contribution in [0.15, 0.2) is 82.0 Å². The summed E-state index contributed by atoms with van der Waals surface area (Å²) in [5, 5.41) is 10.6. The lowest BCUT2D eigenvalue weighted by atomic mass is 10.1. The van der Waals surface area contributed by atoms with Crippen molar-refractivity contribution in [3.05, 3.63) is 99.9 Å². The number of fused-ring (bicyclic) bond motifs is 1. The number of carbonyl (C=O) groups excluding carboxylic acids is 1. The molecule has 7 nitrogen and oxygen atoms in total. The lowest BCUT2D eigenvalue weighted by Gasteiger charge is -2.17. The molecule has 1 heterocycles. The highest BCUT2D eigenvalue weighted by molar-refractivity contribution is 6.00. The third kappa shape index (κ3) is 5.10. The number of hydrogen-bond donors (Lipinski definition) is 1. The number of methoxy groups -OCH3 is 1. The molecular formula is C27H24O7. The minimum atomic E-state index is -1.16. The van der Waals surface area contributed by atoms with E-state index in [1.807, 2.05) is 30.3 Å². The van der Waals surface area contributed by atoms with E-state index in [1.165, 1.54) is 19.2 Å². The zero-order chi connectivity index (χ0) is 24.1. The summed E-state index contributed by atoms with van der Waals surface area (Å²) in [5.74, 6) is 0.746. The Labute approximate surface area is 196 Å². The molecular weight excluding hydrogens is 436 g/mol. The highest BCUT2D eigenvalue weighted by Gasteiger charge is 2.23. The van der Waals surface area contributed by atoms with Crippen LogP contribution < -0.4 is 19.8 Å². The molecule has 0 spiro atoms. The van der Waals surface area contributed by atoms with Crippen molar-refractivity contribution in [3.63, 3.8) is 0 Å². The normalized spacial score (nSPS) is 11.7. The number of aryl methyl sites for hydroxylation is 1. The van der Waals surface area contributed by atoms with Crippen LogP contribution in [0.5, 0.6) is 17.2 Å². The first-order chi connectivity index (χ1) is 16.5. The molecule has 0 amide bonds. The molecule has 1 atom stereocenters. The quantitative estimate of drug-likeness (QED) is 0.294. The minimum absolute atomic E-state index is 0.295. The van der Waals surface area contributed by atoms with Crippen LogP contribution in [0.4, 0.5) is 0 Å². The molecule has 4 rings (SSSR count). The molecule has 1 N–H and O–H groups in total. The molecule has 0 aliphatic carbocycles. The van der Waals surface area contributed by atoms with E-state index in [1.54, 1.807) is 37.3 Å². The van der Waals surface area contributed by atoms with Crippen LogP contribution >= 0.6 is 0 Å². The first kappa shape index (κ1) is 23.1. The molecule has 174 valence electrons. The molecule has 0 bridgehead atoms. The summed E-state index contributed by atoms with van der Waals surface area (Å²) < 4.78 is 22.2. The fourth-order valence-corrected chi connectivity index (χ4v) is 3.58. The molecule has 4 aromatic rings. The Hall–Kier alpha value is -4.10. The predicted molar refractivity (Wildman–Crippen MR) is 127 cm³/mol. The summed E-state index contributed by atoms with van der Waals surface area (Å²) in [6.45, 7) is 1.62. The fourth-order valence-electron chi connectivity index (χ4n) is 3.58. The van der Waals surface area contributed by atoms with Crippen LogP contribution in [-0.4, -0.2) is 30.7 Å². The molecule has 0 radical (unpaired) electrons. The lowest BCUT2D eigenvalue weighted by molar-refractivity contribution is 0.0659. The number of hydrogen-bond acceptors (Lipinski definition) is 7. The number of aliphatic hydroxyl groups is 1. The van der Waals surface area contributed by atoms with Gasteiger partial charge in [0.05, 0.1) is 13.7 Å². The summed E-state index contributed by atoms with van der Waals surface area (Å²) >= 11 is 0. The second-order valence-corrected chi connectivity index (χ2v) is 7.70. The number of carbonyl (C=O) groups is 1. The standard InChI is InChI=1S/C27H24O7/c1-17-12-26(29)34-23-14-20(9-10-21(17)23)33-25(15-28)27(30)19-8-11-22(24(13-19)31-2)32-16-18-6-4-3-5-7-18/h3-14,25,28H,15-16H2,1-2H3. The van der Waals surface area contributed by atoms with Crippen LogP contribution in [0.2, 0.25) is 0 Å². The molecule has 0 aliphatic rings. The average Bonchev–Trinajstić information content (AvgIpc) is 2.85. The zero-order valence-corrected chi connectivity index (χ0v) is 18.8. The van der Waals surface area contributed by atoms with Gasteiger partial charge in [0.25, 0.3) is 0 Å². The number of Topliss-reactive ketones (excluding diaryl/α,β-unsaturated/α-hetero) is 1. The Bertz CT molecular complexity index is 1360. The molecule has 1 unspecified atom stereocenters. The van der Waals surface area contributed by atoms with Crippen LogP contribution in [-0.2, 0) is 6.61 Å². The smallest absolute Gasteiger partial charge is 0.336 e. The number of benzene rings is 3. The van der Waals surface area contributed by atoms with Crippen LogP contribution in [0, 0.1) is 6.92 Å². The first-order valence-electron chi connectivity index (χ1n) is 10.7. The van der Waals surface area contributed by atoms with Gasteiger partial charge in [0.1, 0.15) is 17.9 Å². The number of ether oxygens (including phenoxy) is 3.